The van der Waals surface area contributed by atoms with Gasteiger partial charge in [-0.3, -0.25) is 4.79 Å². The summed E-state index contributed by atoms with van der Waals surface area (Å²) < 4.78 is 47.6. The van der Waals surface area contributed by atoms with Gasteiger partial charge in [0.25, 0.3) is 5.91 Å². The molecule has 1 fully saturated rings. The van der Waals surface area contributed by atoms with Gasteiger partial charge in [-0.05, 0) is 104 Å². The Bertz CT molecular complexity index is 1550. The zero-order valence-corrected chi connectivity index (χ0v) is 28.0. The molecule has 2 heterocycles. The first kappa shape index (κ1) is 32.4. The largest absolute Gasteiger partial charge is 0.490 e. The zero-order valence-electron chi connectivity index (χ0n) is 26.5. The second-order valence-corrected chi connectivity index (χ2v) is 15.8. The van der Waals surface area contributed by atoms with Crippen LogP contribution in [0.5, 0.6) is 5.75 Å². The van der Waals surface area contributed by atoms with E-state index in [4.69, 9.17) is 25.8 Å². The number of methoxy groups -OCH3 is 2. The summed E-state index contributed by atoms with van der Waals surface area (Å²) >= 11 is 6.42. The second-order valence-electron chi connectivity index (χ2n) is 13.4. The lowest BCUT2D eigenvalue weighted by atomic mass is 9.68. The quantitative estimate of drug-likeness (QED) is 0.409. The van der Waals surface area contributed by atoms with Crippen molar-refractivity contribution in [1.82, 2.24) is 4.72 Å². The zero-order chi connectivity index (χ0) is 31.8. The van der Waals surface area contributed by atoms with Crippen molar-refractivity contribution in [2.24, 2.45) is 17.8 Å². The van der Waals surface area contributed by atoms with Crippen LogP contribution < -0.4 is 14.4 Å². The fraction of sp³-hybridized carbons (Fsp3) is 0.571. The number of benzene rings is 2. The highest BCUT2D eigenvalue weighted by molar-refractivity contribution is 7.90. The molecule has 2 aromatic rings. The number of fused-ring (bicyclic) bond motifs is 4. The third-order valence-electron chi connectivity index (χ3n) is 10.6. The number of sulfonamides is 1. The van der Waals surface area contributed by atoms with Crippen LogP contribution in [0.15, 0.2) is 48.6 Å². The SMILES string of the molecule is COCC[C@H]1[C@@H](C)C/C=C/[C@H](OC)[C@@H]2CC[C@H]2CN2C[C@@]3(CCCc4cc(Cl)ccc43)COc3ccc(cc32)C(=O)NS1(=O)=O. The van der Waals surface area contributed by atoms with E-state index in [1.54, 1.807) is 20.3 Å². The van der Waals surface area contributed by atoms with Crippen molar-refractivity contribution in [1.29, 1.82) is 0 Å². The van der Waals surface area contributed by atoms with Crippen LogP contribution in [-0.2, 0) is 31.3 Å². The molecule has 0 aromatic heterocycles. The molecule has 45 heavy (non-hydrogen) atoms. The average Bonchev–Trinajstić information content (AvgIpc) is 3.14. The lowest BCUT2D eigenvalue weighted by Crippen LogP contribution is -2.49. The highest BCUT2D eigenvalue weighted by Gasteiger charge is 2.44. The lowest BCUT2D eigenvalue weighted by molar-refractivity contribution is 0.0131. The van der Waals surface area contributed by atoms with E-state index in [1.165, 1.54) is 11.1 Å². The van der Waals surface area contributed by atoms with Gasteiger partial charge in [0.1, 0.15) is 5.75 Å². The van der Waals surface area contributed by atoms with Gasteiger partial charge >= 0.3 is 0 Å². The van der Waals surface area contributed by atoms with E-state index < -0.39 is 21.2 Å². The molecule has 244 valence electrons. The minimum Gasteiger partial charge on any atom is -0.490 e. The number of anilines is 1. The number of rotatable bonds is 4. The number of allylic oxidation sites excluding steroid dienone is 1. The Morgan fingerprint density at radius 3 is 2.76 bits per heavy atom. The van der Waals surface area contributed by atoms with Gasteiger partial charge in [0.05, 0.1) is 23.6 Å². The van der Waals surface area contributed by atoms with E-state index in [2.05, 4.69) is 33.9 Å². The van der Waals surface area contributed by atoms with Crippen LogP contribution in [-0.4, -0.2) is 66.2 Å². The smallest absolute Gasteiger partial charge is 0.264 e. The third-order valence-corrected chi connectivity index (χ3v) is 12.8. The topological polar surface area (TPSA) is 94.2 Å². The maximum Gasteiger partial charge on any atom is 0.264 e. The molecular formula is C35H45ClN2O6S. The molecule has 2 aliphatic heterocycles. The van der Waals surface area contributed by atoms with Gasteiger partial charge in [-0.2, -0.15) is 0 Å². The highest BCUT2D eigenvalue weighted by Crippen LogP contribution is 2.47. The summed E-state index contributed by atoms with van der Waals surface area (Å²) in [5.74, 6) is 0.583. The summed E-state index contributed by atoms with van der Waals surface area (Å²) in [6, 6.07) is 11.5. The molecule has 2 aliphatic carbocycles. The Kier molecular flexibility index (Phi) is 9.53. The fourth-order valence-electron chi connectivity index (χ4n) is 8.01. The van der Waals surface area contributed by atoms with E-state index >= 15 is 0 Å². The van der Waals surface area contributed by atoms with Crippen molar-refractivity contribution in [2.45, 2.75) is 68.6 Å². The van der Waals surface area contributed by atoms with Gasteiger partial charge < -0.3 is 19.1 Å². The first-order chi connectivity index (χ1) is 21.6. The Labute approximate surface area is 272 Å². The molecule has 1 N–H and O–H groups in total. The molecule has 1 spiro atoms. The monoisotopic (exact) mass is 656 g/mol. The van der Waals surface area contributed by atoms with E-state index in [9.17, 15) is 13.2 Å². The Morgan fingerprint density at radius 1 is 1.16 bits per heavy atom. The number of aryl methyl sites for hydroxylation is 1. The van der Waals surface area contributed by atoms with Crippen LogP contribution in [0.1, 0.15) is 66.9 Å². The summed E-state index contributed by atoms with van der Waals surface area (Å²) in [4.78, 5) is 16.0. The van der Waals surface area contributed by atoms with Gasteiger partial charge in [-0.15, -0.1) is 0 Å². The summed E-state index contributed by atoms with van der Waals surface area (Å²) in [7, 11) is -0.687. The third kappa shape index (κ3) is 6.51. The van der Waals surface area contributed by atoms with Crippen LogP contribution in [0.25, 0.3) is 0 Å². The maximum atomic E-state index is 13.7. The Balaban J connectivity index is 1.42. The number of amides is 1. The van der Waals surface area contributed by atoms with Crippen LogP contribution in [0, 0.1) is 17.8 Å². The van der Waals surface area contributed by atoms with Crippen LogP contribution >= 0.6 is 11.6 Å². The number of hydrogen-bond donors (Lipinski definition) is 1. The molecule has 1 amide bonds. The summed E-state index contributed by atoms with van der Waals surface area (Å²) in [5, 5.41) is -0.0501. The van der Waals surface area contributed by atoms with Crippen molar-refractivity contribution in [3.05, 3.63) is 70.3 Å². The van der Waals surface area contributed by atoms with Crippen molar-refractivity contribution < 1.29 is 27.4 Å². The number of nitrogens with zero attached hydrogens (tertiary/aromatic N) is 1. The molecule has 4 aliphatic rings. The molecule has 1 saturated carbocycles. The van der Waals surface area contributed by atoms with Gasteiger partial charge in [-0.25, -0.2) is 13.1 Å². The molecule has 6 rings (SSSR count). The molecule has 10 heteroatoms. The van der Waals surface area contributed by atoms with Crippen molar-refractivity contribution >= 4 is 33.2 Å². The lowest BCUT2D eigenvalue weighted by Gasteiger charge is -2.46. The minimum absolute atomic E-state index is 0.0573. The molecule has 8 nitrogen and oxygen atoms in total. The summed E-state index contributed by atoms with van der Waals surface area (Å²) in [6.45, 7) is 4.22. The Morgan fingerprint density at radius 2 is 2.00 bits per heavy atom. The minimum atomic E-state index is -4.00. The highest BCUT2D eigenvalue weighted by atomic mass is 35.5. The standard InChI is InChI=1S/C35H45ClN2O6S/c1-23-6-4-8-31(43-3)28-12-9-26(28)20-38-21-35(16-5-7-24-18-27(36)11-13-29(24)35)22-44-32-14-10-25(19-30(32)38)34(39)37-45(40,41)33(23)15-17-42-2/h4,8,10-11,13-14,18-19,23,26,28,31,33H,5-7,9,12,15-17,20-22H2,1-3H3,(H,37,39)/b8-4+/t23-,26-,28+,31-,33-,35-/m0/s1. The van der Waals surface area contributed by atoms with Crippen LogP contribution in [0.2, 0.25) is 5.02 Å². The Hall–Kier alpha value is -2.59. The molecule has 0 unspecified atom stereocenters. The predicted octanol–water partition coefficient (Wildman–Crippen LogP) is 5.92. The van der Waals surface area contributed by atoms with Crippen LogP contribution in [0.3, 0.4) is 0 Å². The molecule has 2 aromatic carbocycles. The molecule has 6 atom stereocenters. The summed E-state index contributed by atoms with van der Waals surface area (Å²) in [5.41, 5.74) is 3.42. The van der Waals surface area contributed by atoms with Crippen molar-refractivity contribution in [2.75, 3.05) is 45.4 Å². The van der Waals surface area contributed by atoms with Gasteiger partial charge in [0, 0.05) is 49.9 Å². The number of carbonyl (C=O) groups is 1. The van der Waals surface area contributed by atoms with Crippen molar-refractivity contribution in [3.8, 4) is 5.75 Å². The molecular weight excluding hydrogens is 612 g/mol. The predicted molar refractivity (Wildman–Crippen MR) is 177 cm³/mol. The number of hydrogen-bond acceptors (Lipinski definition) is 7. The molecule has 0 radical (unpaired) electrons. The molecule has 0 saturated heterocycles. The van der Waals surface area contributed by atoms with Gasteiger partial charge in [0.15, 0.2) is 0 Å². The first-order valence-electron chi connectivity index (χ1n) is 16.2. The van der Waals surface area contributed by atoms with Gasteiger partial charge in [0.2, 0.25) is 10.0 Å². The number of halogens is 1. The maximum absolute atomic E-state index is 13.7. The van der Waals surface area contributed by atoms with Crippen LogP contribution in [0.4, 0.5) is 5.69 Å². The fourth-order valence-corrected chi connectivity index (χ4v) is 9.86. The van der Waals surface area contributed by atoms with E-state index in [0.717, 1.165) is 55.9 Å². The van der Waals surface area contributed by atoms with E-state index in [1.807, 2.05) is 25.1 Å². The number of carbonyl (C=O) groups excluding carboxylic acids is 1. The normalized spacial score (nSPS) is 31.9. The molecule has 2 bridgehead atoms. The first-order valence-corrected chi connectivity index (χ1v) is 18.1. The average molecular weight is 657 g/mol. The number of ether oxygens (including phenoxy) is 3. The van der Waals surface area contributed by atoms with E-state index in [0.29, 0.717) is 36.2 Å². The number of nitrogens with one attached hydrogen (secondary N) is 1. The van der Waals surface area contributed by atoms with Gasteiger partial charge in [-0.1, -0.05) is 36.7 Å². The summed E-state index contributed by atoms with van der Waals surface area (Å²) in [6.07, 6.45) is 10.1. The van der Waals surface area contributed by atoms with E-state index in [-0.39, 0.29) is 30.5 Å². The second kappa shape index (κ2) is 13.3. The van der Waals surface area contributed by atoms with Crippen molar-refractivity contribution in [3.63, 3.8) is 0 Å².